The van der Waals surface area contributed by atoms with Gasteiger partial charge in [0, 0.05) is 5.69 Å². The zero-order valence-corrected chi connectivity index (χ0v) is 8.09. The minimum atomic E-state index is 0.580. The van der Waals surface area contributed by atoms with E-state index in [9.17, 15) is 0 Å². The van der Waals surface area contributed by atoms with Crippen LogP contribution in [0.5, 0.6) is 0 Å². The molecule has 2 atom stereocenters. The number of aromatic nitrogens is 2. The van der Waals surface area contributed by atoms with Crippen LogP contribution in [0.15, 0.2) is 6.20 Å². The van der Waals surface area contributed by atoms with Gasteiger partial charge in [0.2, 0.25) is 0 Å². The van der Waals surface area contributed by atoms with E-state index in [1.807, 2.05) is 6.20 Å². The van der Waals surface area contributed by atoms with Crippen molar-refractivity contribution in [3.05, 3.63) is 17.5 Å². The fraction of sp³-hybridized carbons (Fsp3) is 0.700. The van der Waals surface area contributed by atoms with Gasteiger partial charge >= 0.3 is 0 Å². The Balaban J connectivity index is 2.24. The number of hydrogen-bond donors (Lipinski definition) is 2. The zero-order chi connectivity index (χ0) is 9.26. The van der Waals surface area contributed by atoms with E-state index in [4.69, 9.17) is 5.73 Å². The normalized spacial score (nSPS) is 24.0. The molecule has 0 aliphatic heterocycles. The van der Waals surface area contributed by atoms with Gasteiger partial charge in [-0.25, -0.2) is 0 Å². The number of hydrogen-bond acceptors (Lipinski definition) is 2. The Morgan fingerprint density at radius 3 is 3.38 bits per heavy atom. The lowest BCUT2D eigenvalue weighted by molar-refractivity contribution is 0.412. The van der Waals surface area contributed by atoms with Crippen LogP contribution in [0.1, 0.15) is 36.9 Å². The highest BCUT2D eigenvalue weighted by atomic mass is 15.1. The van der Waals surface area contributed by atoms with Crippen molar-refractivity contribution in [2.45, 2.75) is 32.1 Å². The molecule has 0 saturated carbocycles. The largest absolute Gasteiger partial charge is 0.330 e. The van der Waals surface area contributed by atoms with E-state index < -0.39 is 0 Å². The van der Waals surface area contributed by atoms with Crippen molar-refractivity contribution in [2.24, 2.45) is 11.7 Å². The highest BCUT2D eigenvalue weighted by Crippen LogP contribution is 2.35. The number of nitrogens with zero attached hydrogens (tertiary/aromatic N) is 1. The smallest absolute Gasteiger partial charge is 0.0525 e. The van der Waals surface area contributed by atoms with Gasteiger partial charge in [-0.2, -0.15) is 5.10 Å². The van der Waals surface area contributed by atoms with E-state index in [-0.39, 0.29) is 0 Å². The monoisotopic (exact) mass is 179 g/mol. The van der Waals surface area contributed by atoms with Gasteiger partial charge in [-0.1, -0.05) is 6.92 Å². The Labute approximate surface area is 78.7 Å². The first-order valence-electron chi connectivity index (χ1n) is 5.05. The molecule has 1 aliphatic rings. The minimum Gasteiger partial charge on any atom is -0.330 e. The summed E-state index contributed by atoms with van der Waals surface area (Å²) < 4.78 is 0. The SMILES string of the molecule is CC(CN)C1CCCc2[nH]ncc21. The van der Waals surface area contributed by atoms with Gasteiger partial charge in [-0.3, -0.25) is 5.10 Å². The minimum absolute atomic E-state index is 0.580. The molecule has 1 aliphatic carbocycles. The van der Waals surface area contributed by atoms with Gasteiger partial charge < -0.3 is 5.73 Å². The average molecular weight is 179 g/mol. The molecule has 3 nitrogen and oxygen atoms in total. The molecule has 13 heavy (non-hydrogen) atoms. The molecule has 0 aromatic carbocycles. The predicted molar refractivity (Wildman–Crippen MR) is 52.5 cm³/mol. The summed E-state index contributed by atoms with van der Waals surface area (Å²) in [5.74, 6) is 1.21. The lowest BCUT2D eigenvalue weighted by Crippen LogP contribution is -2.22. The van der Waals surface area contributed by atoms with Crippen LogP contribution in [0, 0.1) is 5.92 Å². The van der Waals surface area contributed by atoms with Crippen LogP contribution >= 0.6 is 0 Å². The summed E-state index contributed by atoms with van der Waals surface area (Å²) in [6, 6.07) is 0. The highest BCUT2D eigenvalue weighted by Gasteiger charge is 2.25. The van der Waals surface area contributed by atoms with Gasteiger partial charge in [0.25, 0.3) is 0 Å². The molecular formula is C10H17N3. The van der Waals surface area contributed by atoms with Crippen LogP contribution in [0.25, 0.3) is 0 Å². The van der Waals surface area contributed by atoms with Crippen molar-refractivity contribution in [1.29, 1.82) is 0 Å². The van der Waals surface area contributed by atoms with E-state index in [0.29, 0.717) is 11.8 Å². The second kappa shape index (κ2) is 3.50. The summed E-state index contributed by atoms with van der Waals surface area (Å²) >= 11 is 0. The maximum absolute atomic E-state index is 5.70. The molecule has 1 aromatic rings. The molecule has 3 heteroatoms. The van der Waals surface area contributed by atoms with Crippen LogP contribution in [0.4, 0.5) is 0 Å². The molecule has 0 saturated heterocycles. The summed E-state index contributed by atoms with van der Waals surface area (Å²) in [7, 11) is 0. The molecule has 1 heterocycles. The van der Waals surface area contributed by atoms with Crippen molar-refractivity contribution >= 4 is 0 Å². The maximum Gasteiger partial charge on any atom is 0.0525 e. The Morgan fingerprint density at radius 2 is 2.62 bits per heavy atom. The van der Waals surface area contributed by atoms with Gasteiger partial charge in [-0.15, -0.1) is 0 Å². The Bertz CT molecular complexity index is 279. The first kappa shape index (κ1) is 8.75. The van der Waals surface area contributed by atoms with Crippen molar-refractivity contribution in [3.63, 3.8) is 0 Å². The van der Waals surface area contributed by atoms with Crippen LogP contribution in [0.3, 0.4) is 0 Å². The van der Waals surface area contributed by atoms with E-state index in [1.54, 1.807) is 0 Å². The van der Waals surface area contributed by atoms with E-state index in [1.165, 1.54) is 24.1 Å². The van der Waals surface area contributed by atoms with E-state index in [2.05, 4.69) is 17.1 Å². The lowest BCUT2D eigenvalue weighted by Gasteiger charge is -2.26. The quantitative estimate of drug-likeness (QED) is 0.721. The Hall–Kier alpha value is -0.830. The van der Waals surface area contributed by atoms with Crippen LogP contribution in [-0.4, -0.2) is 16.7 Å². The number of nitrogens with two attached hydrogens (primary N) is 1. The second-order valence-corrected chi connectivity index (χ2v) is 4.02. The third-order valence-electron chi connectivity index (χ3n) is 3.15. The highest BCUT2D eigenvalue weighted by molar-refractivity contribution is 5.24. The van der Waals surface area contributed by atoms with Gasteiger partial charge in [-0.05, 0) is 43.2 Å². The molecule has 2 unspecified atom stereocenters. The number of nitrogens with one attached hydrogen (secondary N) is 1. The van der Waals surface area contributed by atoms with Crippen molar-refractivity contribution < 1.29 is 0 Å². The molecule has 1 aromatic heterocycles. The second-order valence-electron chi connectivity index (χ2n) is 4.02. The van der Waals surface area contributed by atoms with Crippen molar-refractivity contribution in [1.82, 2.24) is 10.2 Å². The first-order valence-corrected chi connectivity index (χ1v) is 5.05. The van der Waals surface area contributed by atoms with E-state index >= 15 is 0 Å². The number of aryl methyl sites for hydroxylation is 1. The third kappa shape index (κ3) is 1.48. The summed E-state index contributed by atoms with van der Waals surface area (Å²) in [5.41, 5.74) is 8.43. The van der Waals surface area contributed by atoms with Gasteiger partial charge in [0.05, 0.1) is 6.20 Å². The molecule has 0 amide bonds. The molecule has 0 bridgehead atoms. The van der Waals surface area contributed by atoms with Crippen molar-refractivity contribution in [2.75, 3.05) is 6.54 Å². The van der Waals surface area contributed by atoms with E-state index in [0.717, 1.165) is 13.0 Å². The molecule has 72 valence electrons. The van der Waals surface area contributed by atoms with Gasteiger partial charge in [0.1, 0.15) is 0 Å². The maximum atomic E-state index is 5.70. The van der Waals surface area contributed by atoms with Crippen molar-refractivity contribution in [3.8, 4) is 0 Å². The molecule has 0 spiro atoms. The average Bonchev–Trinajstić information content (AvgIpc) is 2.63. The Kier molecular flexibility index (Phi) is 2.36. The number of fused-ring (bicyclic) bond motifs is 1. The zero-order valence-electron chi connectivity index (χ0n) is 8.09. The summed E-state index contributed by atoms with van der Waals surface area (Å²) in [6.07, 6.45) is 5.67. The topological polar surface area (TPSA) is 54.7 Å². The third-order valence-corrected chi connectivity index (χ3v) is 3.15. The standard InChI is InChI=1S/C10H17N3/c1-7(5-11)8-3-2-4-10-9(8)6-12-13-10/h6-8H,2-5,11H2,1H3,(H,12,13). The number of aromatic amines is 1. The Morgan fingerprint density at radius 1 is 1.77 bits per heavy atom. The fourth-order valence-corrected chi connectivity index (χ4v) is 2.25. The molecule has 0 fully saturated rings. The lowest BCUT2D eigenvalue weighted by atomic mass is 9.79. The van der Waals surface area contributed by atoms with Crippen LogP contribution in [0.2, 0.25) is 0 Å². The molecular weight excluding hydrogens is 162 g/mol. The molecule has 0 radical (unpaired) electrons. The van der Waals surface area contributed by atoms with Crippen LogP contribution in [-0.2, 0) is 6.42 Å². The summed E-state index contributed by atoms with van der Waals surface area (Å²) in [6.45, 7) is 3.00. The fourth-order valence-electron chi connectivity index (χ4n) is 2.25. The van der Waals surface area contributed by atoms with Crippen LogP contribution < -0.4 is 5.73 Å². The number of H-pyrrole nitrogens is 1. The summed E-state index contributed by atoms with van der Waals surface area (Å²) in [5, 5.41) is 7.18. The first-order chi connectivity index (χ1) is 6.33. The van der Waals surface area contributed by atoms with Gasteiger partial charge in [0.15, 0.2) is 0 Å². The summed E-state index contributed by atoms with van der Waals surface area (Å²) in [4.78, 5) is 0. The molecule has 2 rings (SSSR count). The predicted octanol–water partition coefficient (Wildman–Crippen LogP) is 1.42. The number of rotatable bonds is 2. The molecule has 3 N–H and O–H groups in total.